The van der Waals surface area contributed by atoms with E-state index in [2.05, 4.69) is 10.0 Å². The summed E-state index contributed by atoms with van der Waals surface area (Å²) in [4.78, 5) is 12.2. The number of hydrogen-bond acceptors (Lipinski definition) is 3. The van der Waals surface area contributed by atoms with Crippen LogP contribution in [0.3, 0.4) is 0 Å². The second kappa shape index (κ2) is 4.20. The maximum Gasteiger partial charge on any atom is 0.270 e. The highest BCUT2D eigenvalue weighted by Crippen LogP contribution is 2.23. The molecule has 1 rings (SSSR count). The molecular formula is C7H5FN4O2. The predicted octanol–water partition coefficient (Wildman–Crippen LogP) is 3.01. The van der Waals surface area contributed by atoms with Crippen molar-refractivity contribution in [1.82, 2.24) is 0 Å². The van der Waals surface area contributed by atoms with E-state index < -0.39 is 11.6 Å². The molecule has 0 radical (unpaired) electrons. The van der Waals surface area contributed by atoms with Crippen molar-refractivity contribution in [3.8, 4) is 0 Å². The number of rotatable bonds is 3. The summed E-state index contributed by atoms with van der Waals surface area (Å²) >= 11 is 0. The monoisotopic (exact) mass is 195 g/mol. The van der Waals surface area contributed by atoms with Crippen molar-refractivity contribution in [2.75, 3.05) is 0 Å². The van der Waals surface area contributed by atoms with E-state index in [-0.39, 0.29) is 16.9 Å². The van der Waals surface area contributed by atoms with Crippen LogP contribution in [-0.2, 0) is 6.67 Å². The zero-order chi connectivity index (χ0) is 10.6. The van der Waals surface area contributed by atoms with Gasteiger partial charge in [-0.3, -0.25) is 10.1 Å². The maximum absolute atomic E-state index is 12.2. The van der Waals surface area contributed by atoms with Gasteiger partial charge in [0.25, 0.3) is 5.69 Å². The normalized spacial score (nSPS) is 9.21. The lowest BCUT2D eigenvalue weighted by molar-refractivity contribution is -0.384. The first-order valence-corrected chi connectivity index (χ1v) is 3.57. The van der Waals surface area contributed by atoms with Crippen LogP contribution in [0.15, 0.2) is 23.3 Å². The smallest absolute Gasteiger partial charge is 0.258 e. The molecular weight excluding hydrogens is 190 g/mol. The minimum absolute atomic E-state index is 0.0364. The Morgan fingerprint density at radius 1 is 1.57 bits per heavy atom. The first-order valence-electron chi connectivity index (χ1n) is 3.57. The molecule has 1 aromatic rings. The van der Waals surface area contributed by atoms with Gasteiger partial charge < -0.3 is 0 Å². The molecule has 0 saturated carbocycles. The average molecular weight is 195 g/mol. The molecule has 0 bridgehead atoms. The Bertz CT molecular complexity index is 394. The lowest BCUT2D eigenvalue weighted by atomic mass is 10.2. The van der Waals surface area contributed by atoms with Gasteiger partial charge in [0, 0.05) is 22.7 Å². The van der Waals surface area contributed by atoms with E-state index in [9.17, 15) is 14.5 Å². The summed E-state index contributed by atoms with van der Waals surface area (Å²) in [5.74, 6) is 0. The van der Waals surface area contributed by atoms with Crippen LogP contribution < -0.4 is 0 Å². The van der Waals surface area contributed by atoms with Crippen LogP contribution in [0.2, 0.25) is 0 Å². The van der Waals surface area contributed by atoms with Crippen LogP contribution in [0.1, 0.15) is 5.56 Å². The van der Waals surface area contributed by atoms with Crippen LogP contribution in [-0.4, -0.2) is 4.92 Å². The molecule has 0 atom stereocenters. The largest absolute Gasteiger partial charge is 0.270 e. The van der Waals surface area contributed by atoms with Gasteiger partial charge in [0.1, 0.15) is 6.67 Å². The third-order valence-electron chi connectivity index (χ3n) is 1.49. The van der Waals surface area contributed by atoms with Gasteiger partial charge in [-0.15, -0.1) is 0 Å². The molecule has 0 spiro atoms. The summed E-state index contributed by atoms with van der Waals surface area (Å²) in [6, 6.07) is 3.43. The standard InChI is InChI=1S/C7H5FN4O2/c8-4-5-1-6(10-11-9)3-7(2-5)12(13)14/h1-3H,4H2/i8-1. The fourth-order valence-electron chi connectivity index (χ4n) is 0.948. The van der Waals surface area contributed by atoms with Crippen molar-refractivity contribution in [3.05, 3.63) is 44.3 Å². The number of benzene rings is 1. The number of alkyl halides is 1. The first-order chi connectivity index (χ1) is 6.67. The molecule has 14 heavy (non-hydrogen) atoms. The molecule has 6 nitrogen and oxygen atoms in total. The molecule has 0 amide bonds. The fourth-order valence-corrected chi connectivity index (χ4v) is 0.948. The Kier molecular flexibility index (Phi) is 2.98. The summed E-state index contributed by atoms with van der Waals surface area (Å²) in [5, 5.41) is 13.5. The molecule has 1 aromatic carbocycles. The van der Waals surface area contributed by atoms with E-state index in [1.54, 1.807) is 0 Å². The Hall–Kier alpha value is -2.14. The highest BCUT2D eigenvalue weighted by atomic mass is 18.2. The number of nitro groups is 1. The van der Waals surface area contributed by atoms with Crippen LogP contribution in [0.5, 0.6) is 0 Å². The highest BCUT2D eigenvalue weighted by molar-refractivity contribution is 5.50. The van der Waals surface area contributed by atoms with Gasteiger partial charge in [0.05, 0.1) is 4.92 Å². The lowest BCUT2D eigenvalue weighted by Crippen LogP contribution is -1.89. The van der Waals surface area contributed by atoms with Crippen molar-refractivity contribution in [1.29, 1.82) is 0 Å². The van der Waals surface area contributed by atoms with E-state index in [4.69, 9.17) is 5.53 Å². The van der Waals surface area contributed by atoms with Gasteiger partial charge in [-0.05, 0) is 17.2 Å². The van der Waals surface area contributed by atoms with Crippen molar-refractivity contribution >= 4 is 11.4 Å². The zero-order valence-electron chi connectivity index (χ0n) is 6.92. The van der Waals surface area contributed by atoms with Crippen LogP contribution in [0, 0.1) is 10.1 Å². The van der Waals surface area contributed by atoms with Crippen LogP contribution >= 0.6 is 0 Å². The number of non-ortho nitro benzene ring substituents is 1. The van der Waals surface area contributed by atoms with Gasteiger partial charge in [-0.2, -0.15) is 0 Å². The summed E-state index contributed by atoms with van der Waals surface area (Å²) in [6.45, 7) is -0.838. The molecule has 0 fully saturated rings. The van der Waals surface area contributed by atoms with Gasteiger partial charge in [0.2, 0.25) is 0 Å². The number of nitro benzene ring substituents is 1. The SMILES string of the molecule is [N-]=[N+]=Nc1cc(C[18F])cc([N+](=O)[O-])c1. The summed E-state index contributed by atoms with van der Waals surface area (Å²) in [5.41, 5.74) is 7.97. The van der Waals surface area contributed by atoms with Crippen LogP contribution in [0.4, 0.5) is 15.8 Å². The Morgan fingerprint density at radius 2 is 2.29 bits per heavy atom. The second-order valence-corrected chi connectivity index (χ2v) is 2.44. The number of hydrogen-bond donors (Lipinski definition) is 0. The number of azide groups is 1. The molecule has 0 unspecified atom stereocenters. The first kappa shape index (κ1) is 9.94. The Labute approximate surface area is 77.7 Å². The molecule has 0 aliphatic carbocycles. The Morgan fingerprint density at radius 3 is 2.79 bits per heavy atom. The van der Waals surface area contributed by atoms with E-state index in [1.165, 1.54) is 6.07 Å². The quantitative estimate of drug-likeness (QED) is 0.244. The molecule has 0 aliphatic rings. The third-order valence-corrected chi connectivity index (χ3v) is 1.49. The predicted molar refractivity (Wildman–Crippen MR) is 46.7 cm³/mol. The minimum atomic E-state index is -0.838. The van der Waals surface area contributed by atoms with Crippen molar-refractivity contribution in [3.63, 3.8) is 0 Å². The van der Waals surface area contributed by atoms with Crippen LogP contribution in [0.25, 0.3) is 10.4 Å². The van der Waals surface area contributed by atoms with Gasteiger partial charge in [-0.1, -0.05) is 5.11 Å². The van der Waals surface area contributed by atoms with E-state index in [0.717, 1.165) is 12.1 Å². The molecule has 72 valence electrons. The molecule has 0 aliphatic heterocycles. The molecule has 0 aromatic heterocycles. The summed E-state index contributed by atoms with van der Waals surface area (Å²) < 4.78 is 12.2. The summed E-state index contributed by atoms with van der Waals surface area (Å²) in [6.07, 6.45) is 0. The van der Waals surface area contributed by atoms with Crippen molar-refractivity contribution in [2.24, 2.45) is 5.11 Å². The Balaban J connectivity index is 3.26. The molecule has 0 N–H and O–H groups in total. The van der Waals surface area contributed by atoms with Gasteiger partial charge >= 0.3 is 0 Å². The molecule has 0 saturated heterocycles. The number of nitrogens with zero attached hydrogens (tertiary/aromatic N) is 4. The minimum Gasteiger partial charge on any atom is -0.258 e. The maximum atomic E-state index is 12.2. The second-order valence-electron chi connectivity index (χ2n) is 2.44. The zero-order valence-corrected chi connectivity index (χ0v) is 6.92. The van der Waals surface area contributed by atoms with E-state index in [0.29, 0.717) is 0 Å². The van der Waals surface area contributed by atoms with Crippen molar-refractivity contribution in [2.45, 2.75) is 6.67 Å². The summed E-state index contributed by atoms with van der Waals surface area (Å²) in [7, 11) is 0. The fraction of sp³-hybridized carbons (Fsp3) is 0.143. The number of halogens is 1. The van der Waals surface area contributed by atoms with Gasteiger partial charge in [-0.25, -0.2) is 4.39 Å². The highest BCUT2D eigenvalue weighted by Gasteiger charge is 2.08. The van der Waals surface area contributed by atoms with Crippen molar-refractivity contribution < 1.29 is 9.31 Å². The average Bonchev–Trinajstić information content (AvgIpc) is 2.17. The topological polar surface area (TPSA) is 91.9 Å². The van der Waals surface area contributed by atoms with E-state index in [1.807, 2.05) is 0 Å². The molecule has 0 heterocycles. The third kappa shape index (κ3) is 2.18. The van der Waals surface area contributed by atoms with E-state index >= 15 is 0 Å². The van der Waals surface area contributed by atoms with Gasteiger partial charge in [0.15, 0.2) is 0 Å². The lowest BCUT2D eigenvalue weighted by Gasteiger charge is -1.97. The molecule has 7 heteroatoms.